The van der Waals surface area contributed by atoms with Crippen molar-refractivity contribution in [1.29, 1.82) is 0 Å². The van der Waals surface area contributed by atoms with E-state index in [1.807, 2.05) is 43.0 Å². The zero-order chi connectivity index (χ0) is 16.2. The molecule has 1 aliphatic rings. The Morgan fingerprint density at radius 3 is 2.95 bits per heavy atom. The first-order valence-electron chi connectivity index (χ1n) is 7.44. The first kappa shape index (κ1) is 17.2. The summed E-state index contributed by atoms with van der Waals surface area (Å²) in [4.78, 5) is 14.3. The SMILES string of the molecule is C[C@H](NC(=O)CN1CCOC[C@]1(C)CO)c1ccccc1Cl. The summed E-state index contributed by atoms with van der Waals surface area (Å²) < 4.78 is 5.40. The maximum Gasteiger partial charge on any atom is 0.234 e. The highest BCUT2D eigenvalue weighted by atomic mass is 35.5. The lowest BCUT2D eigenvalue weighted by Crippen LogP contribution is -2.59. The molecule has 1 amide bonds. The quantitative estimate of drug-likeness (QED) is 0.863. The van der Waals surface area contributed by atoms with Gasteiger partial charge in [-0.2, -0.15) is 0 Å². The number of halogens is 1. The first-order valence-corrected chi connectivity index (χ1v) is 7.81. The predicted molar refractivity (Wildman–Crippen MR) is 85.9 cm³/mol. The Balaban J connectivity index is 1.96. The number of nitrogens with one attached hydrogen (secondary N) is 1. The lowest BCUT2D eigenvalue weighted by molar-refractivity contribution is -0.130. The second kappa shape index (κ2) is 7.42. The van der Waals surface area contributed by atoms with Crippen molar-refractivity contribution in [2.24, 2.45) is 0 Å². The fourth-order valence-electron chi connectivity index (χ4n) is 2.61. The molecule has 0 radical (unpaired) electrons. The third-order valence-electron chi connectivity index (χ3n) is 4.11. The minimum Gasteiger partial charge on any atom is -0.394 e. The third kappa shape index (κ3) is 3.98. The molecule has 1 heterocycles. The Bertz CT molecular complexity index is 526. The number of rotatable bonds is 5. The van der Waals surface area contributed by atoms with E-state index in [-0.39, 0.29) is 25.1 Å². The average molecular weight is 327 g/mol. The number of aliphatic hydroxyl groups is 1. The van der Waals surface area contributed by atoms with Crippen molar-refractivity contribution in [2.45, 2.75) is 25.4 Å². The lowest BCUT2D eigenvalue weighted by Gasteiger charge is -2.43. The van der Waals surface area contributed by atoms with E-state index in [4.69, 9.17) is 16.3 Å². The van der Waals surface area contributed by atoms with Crippen LogP contribution >= 0.6 is 11.6 Å². The number of hydrogen-bond acceptors (Lipinski definition) is 4. The van der Waals surface area contributed by atoms with Crippen LogP contribution in [0.5, 0.6) is 0 Å². The molecule has 1 saturated heterocycles. The summed E-state index contributed by atoms with van der Waals surface area (Å²) in [5, 5.41) is 13.2. The van der Waals surface area contributed by atoms with Crippen LogP contribution in [0.3, 0.4) is 0 Å². The molecule has 1 aliphatic heterocycles. The zero-order valence-corrected chi connectivity index (χ0v) is 13.8. The largest absolute Gasteiger partial charge is 0.394 e. The molecule has 0 bridgehead atoms. The van der Waals surface area contributed by atoms with Crippen LogP contribution in [-0.2, 0) is 9.53 Å². The van der Waals surface area contributed by atoms with Crippen molar-refractivity contribution < 1.29 is 14.6 Å². The molecule has 0 unspecified atom stereocenters. The molecule has 6 heteroatoms. The van der Waals surface area contributed by atoms with E-state index in [0.717, 1.165) is 5.56 Å². The van der Waals surface area contributed by atoms with E-state index < -0.39 is 5.54 Å². The van der Waals surface area contributed by atoms with Gasteiger partial charge in [0, 0.05) is 11.6 Å². The monoisotopic (exact) mass is 326 g/mol. The molecule has 0 saturated carbocycles. The summed E-state index contributed by atoms with van der Waals surface area (Å²) in [7, 11) is 0. The minimum absolute atomic E-state index is 0.0413. The summed E-state index contributed by atoms with van der Waals surface area (Å²) in [5.74, 6) is -0.0889. The topological polar surface area (TPSA) is 61.8 Å². The van der Waals surface area contributed by atoms with Gasteiger partial charge in [0.1, 0.15) is 0 Å². The molecular formula is C16H23ClN2O3. The van der Waals surface area contributed by atoms with Crippen molar-refractivity contribution in [3.63, 3.8) is 0 Å². The van der Waals surface area contributed by atoms with Gasteiger partial charge in [-0.15, -0.1) is 0 Å². The van der Waals surface area contributed by atoms with E-state index in [1.165, 1.54) is 0 Å². The Morgan fingerprint density at radius 2 is 2.27 bits per heavy atom. The molecule has 2 N–H and O–H groups in total. The number of morpholine rings is 1. The Kier molecular flexibility index (Phi) is 5.81. The highest BCUT2D eigenvalue weighted by Crippen LogP contribution is 2.23. The Labute approximate surface area is 136 Å². The molecule has 0 aliphatic carbocycles. The number of amides is 1. The van der Waals surface area contributed by atoms with E-state index >= 15 is 0 Å². The standard InChI is InChI=1S/C16H23ClN2O3/c1-12(13-5-3-4-6-14(13)17)18-15(21)9-19-7-8-22-11-16(19,2)10-20/h3-6,12,20H,7-11H2,1-2H3,(H,18,21)/t12-,16-/m0/s1. The first-order chi connectivity index (χ1) is 10.5. The summed E-state index contributed by atoms with van der Waals surface area (Å²) in [6, 6.07) is 7.31. The second-order valence-electron chi connectivity index (χ2n) is 5.94. The highest BCUT2D eigenvalue weighted by molar-refractivity contribution is 6.31. The summed E-state index contributed by atoms with van der Waals surface area (Å²) in [6.07, 6.45) is 0. The fraction of sp³-hybridized carbons (Fsp3) is 0.562. The van der Waals surface area contributed by atoms with Gasteiger partial charge in [0.2, 0.25) is 5.91 Å². The van der Waals surface area contributed by atoms with Gasteiger partial charge in [0.25, 0.3) is 0 Å². The molecule has 22 heavy (non-hydrogen) atoms. The Morgan fingerprint density at radius 1 is 1.55 bits per heavy atom. The van der Waals surface area contributed by atoms with Crippen molar-refractivity contribution in [3.8, 4) is 0 Å². The van der Waals surface area contributed by atoms with Crippen LogP contribution in [0.25, 0.3) is 0 Å². The summed E-state index contributed by atoms with van der Waals surface area (Å²) in [6.45, 7) is 5.63. The van der Waals surface area contributed by atoms with Crippen LogP contribution in [0.1, 0.15) is 25.5 Å². The molecule has 122 valence electrons. The maximum atomic E-state index is 12.3. The summed E-state index contributed by atoms with van der Waals surface area (Å²) in [5.41, 5.74) is 0.382. The van der Waals surface area contributed by atoms with Gasteiger partial charge in [0.15, 0.2) is 0 Å². The Hall–Kier alpha value is -1.14. The van der Waals surface area contributed by atoms with Gasteiger partial charge in [-0.3, -0.25) is 9.69 Å². The van der Waals surface area contributed by atoms with Gasteiger partial charge in [-0.05, 0) is 25.5 Å². The molecule has 1 aromatic carbocycles. The molecular weight excluding hydrogens is 304 g/mol. The number of aliphatic hydroxyl groups excluding tert-OH is 1. The van der Waals surface area contributed by atoms with E-state index in [9.17, 15) is 9.90 Å². The molecule has 2 rings (SSSR count). The van der Waals surface area contributed by atoms with Crippen LogP contribution in [0, 0.1) is 0 Å². The summed E-state index contributed by atoms with van der Waals surface area (Å²) >= 11 is 6.15. The van der Waals surface area contributed by atoms with Crippen molar-refractivity contribution >= 4 is 17.5 Å². The van der Waals surface area contributed by atoms with Crippen molar-refractivity contribution in [3.05, 3.63) is 34.9 Å². The van der Waals surface area contributed by atoms with Gasteiger partial charge >= 0.3 is 0 Å². The minimum atomic E-state index is -0.511. The second-order valence-corrected chi connectivity index (χ2v) is 6.35. The van der Waals surface area contributed by atoms with Crippen LogP contribution < -0.4 is 5.32 Å². The van der Waals surface area contributed by atoms with Crippen molar-refractivity contribution in [2.75, 3.05) is 32.9 Å². The van der Waals surface area contributed by atoms with Crippen LogP contribution in [0.4, 0.5) is 0 Å². The number of carbonyl (C=O) groups is 1. The number of carbonyl (C=O) groups excluding carboxylic acids is 1. The number of hydrogen-bond donors (Lipinski definition) is 2. The number of benzene rings is 1. The van der Waals surface area contributed by atoms with E-state index in [2.05, 4.69) is 5.32 Å². The molecule has 2 atom stereocenters. The number of ether oxygens (including phenoxy) is 1. The van der Waals surface area contributed by atoms with E-state index in [0.29, 0.717) is 24.8 Å². The zero-order valence-electron chi connectivity index (χ0n) is 13.0. The molecule has 1 fully saturated rings. The van der Waals surface area contributed by atoms with Gasteiger partial charge < -0.3 is 15.2 Å². The fourth-order valence-corrected chi connectivity index (χ4v) is 2.91. The van der Waals surface area contributed by atoms with E-state index in [1.54, 1.807) is 0 Å². The van der Waals surface area contributed by atoms with Gasteiger partial charge in [-0.25, -0.2) is 0 Å². The smallest absolute Gasteiger partial charge is 0.234 e. The molecule has 0 aromatic heterocycles. The van der Waals surface area contributed by atoms with Gasteiger partial charge in [-0.1, -0.05) is 29.8 Å². The predicted octanol–water partition coefficient (Wildman–Crippen LogP) is 1.60. The number of nitrogens with zero attached hydrogens (tertiary/aromatic N) is 1. The molecule has 5 nitrogen and oxygen atoms in total. The van der Waals surface area contributed by atoms with Crippen LogP contribution in [-0.4, -0.2) is 54.4 Å². The average Bonchev–Trinajstić information content (AvgIpc) is 2.50. The highest BCUT2D eigenvalue weighted by Gasteiger charge is 2.35. The third-order valence-corrected chi connectivity index (χ3v) is 4.45. The molecule has 1 aromatic rings. The maximum absolute atomic E-state index is 12.3. The lowest BCUT2D eigenvalue weighted by atomic mass is 10.0. The molecule has 0 spiro atoms. The van der Waals surface area contributed by atoms with Gasteiger partial charge in [0.05, 0.1) is 37.9 Å². The van der Waals surface area contributed by atoms with Crippen LogP contribution in [0.2, 0.25) is 5.02 Å². The normalized spacial score (nSPS) is 24.0. The van der Waals surface area contributed by atoms with Crippen molar-refractivity contribution in [1.82, 2.24) is 10.2 Å². The van der Waals surface area contributed by atoms with Crippen LogP contribution in [0.15, 0.2) is 24.3 Å².